The number of carbonyl (C=O) groups is 1. The van der Waals surface area contributed by atoms with E-state index in [1.807, 2.05) is 30.3 Å². The van der Waals surface area contributed by atoms with Gasteiger partial charge in [-0.1, -0.05) is 42.5 Å². The van der Waals surface area contributed by atoms with Crippen molar-refractivity contribution in [2.45, 2.75) is 13.0 Å². The molecule has 1 N–H and O–H groups in total. The highest BCUT2D eigenvalue weighted by Crippen LogP contribution is 2.10. The predicted molar refractivity (Wildman–Crippen MR) is 81.1 cm³/mol. The van der Waals surface area contributed by atoms with Gasteiger partial charge in [-0.2, -0.15) is 0 Å². The third-order valence-corrected chi connectivity index (χ3v) is 3.20. The second kappa shape index (κ2) is 6.83. The first-order chi connectivity index (χ1) is 11.2. The van der Waals surface area contributed by atoms with Crippen LogP contribution in [0.5, 0.6) is 0 Å². The Morgan fingerprint density at radius 2 is 1.83 bits per heavy atom. The van der Waals surface area contributed by atoms with E-state index in [9.17, 15) is 9.18 Å². The average molecular weight is 311 g/mol. The predicted octanol–water partition coefficient (Wildman–Crippen LogP) is 2.73. The lowest BCUT2D eigenvalue weighted by atomic mass is 10.1. The third-order valence-electron chi connectivity index (χ3n) is 3.20. The van der Waals surface area contributed by atoms with E-state index in [1.54, 1.807) is 12.1 Å². The maximum atomic E-state index is 13.1. The third kappa shape index (κ3) is 4.00. The van der Waals surface area contributed by atoms with Crippen molar-refractivity contribution in [3.8, 4) is 0 Å². The van der Waals surface area contributed by atoms with Crippen molar-refractivity contribution >= 4 is 5.91 Å². The minimum absolute atomic E-state index is 0.104. The van der Waals surface area contributed by atoms with Crippen LogP contribution in [0.3, 0.4) is 0 Å². The number of nitrogens with one attached hydrogen (secondary N) is 1. The molecule has 0 atom stereocenters. The van der Waals surface area contributed by atoms with Crippen LogP contribution in [0.2, 0.25) is 0 Å². The largest absolute Gasteiger partial charge is 0.417 e. The van der Waals surface area contributed by atoms with Gasteiger partial charge in [0.05, 0.1) is 6.42 Å². The van der Waals surface area contributed by atoms with Crippen LogP contribution in [0.15, 0.2) is 59.0 Å². The molecule has 3 rings (SSSR count). The number of rotatable bonds is 5. The topological polar surface area (TPSA) is 68.0 Å². The molecular formula is C17H14FN3O2. The zero-order chi connectivity index (χ0) is 16.1. The first kappa shape index (κ1) is 14.9. The van der Waals surface area contributed by atoms with Crippen LogP contribution in [0.1, 0.15) is 27.7 Å². The molecule has 5 nitrogen and oxygen atoms in total. The number of hydrogen-bond acceptors (Lipinski definition) is 4. The molecule has 23 heavy (non-hydrogen) atoms. The Morgan fingerprint density at radius 1 is 1.04 bits per heavy atom. The summed E-state index contributed by atoms with van der Waals surface area (Å²) in [5, 5.41) is 10.2. The highest BCUT2D eigenvalue weighted by atomic mass is 19.1. The van der Waals surface area contributed by atoms with Gasteiger partial charge in [-0.05, 0) is 23.3 Å². The van der Waals surface area contributed by atoms with E-state index in [2.05, 4.69) is 15.5 Å². The SMILES string of the molecule is O=C(NCc1ccccc1)c1nnc(Cc2cccc(F)c2)o1. The normalized spacial score (nSPS) is 10.5. The first-order valence-electron chi connectivity index (χ1n) is 7.09. The van der Waals surface area contributed by atoms with Crippen molar-refractivity contribution in [3.63, 3.8) is 0 Å². The summed E-state index contributed by atoms with van der Waals surface area (Å²) in [6.07, 6.45) is 0.275. The lowest BCUT2D eigenvalue weighted by molar-refractivity contribution is 0.0914. The van der Waals surface area contributed by atoms with Gasteiger partial charge in [-0.25, -0.2) is 4.39 Å². The number of carbonyl (C=O) groups excluding carboxylic acids is 1. The van der Waals surface area contributed by atoms with Crippen LogP contribution < -0.4 is 5.32 Å². The van der Waals surface area contributed by atoms with Crippen molar-refractivity contribution in [2.24, 2.45) is 0 Å². The van der Waals surface area contributed by atoms with Crippen LogP contribution in [0.4, 0.5) is 4.39 Å². The van der Waals surface area contributed by atoms with Crippen molar-refractivity contribution in [1.29, 1.82) is 0 Å². The van der Waals surface area contributed by atoms with Gasteiger partial charge in [-0.3, -0.25) is 4.79 Å². The van der Waals surface area contributed by atoms with Crippen molar-refractivity contribution < 1.29 is 13.6 Å². The molecular weight excluding hydrogens is 297 g/mol. The number of hydrogen-bond donors (Lipinski definition) is 1. The number of aromatic nitrogens is 2. The van der Waals surface area contributed by atoms with Crippen LogP contribution in [-0.4, -0.2) is 16.1 Å². The summed E-state index contributed by atoms with van der Waals surface area (Å²) in [7, 11) is 0. The number of amides is 1. The molecule has 0 saturated carbocycles. The van der Waals surface area contributed by atoms with E-state index in [4.69, 9.17) is 4.42 Å². The minimum Gasteiger partial charge on any atom is -0.417 e. The van der Waals surface area contributed by atoms with Gasteiger partial charge >= 0.3 is 11.8 Å². The van der Waals surface area contributed by atoms with E-state index in [0.717, 1.165) is 5.56 Å². The van der Waals surface area contributed by atoms with E-state index < -0.39 is 5.91 Å². The van der Waals surface area contributed by atoms with Crippen molar-refractivity contribution in [2.75, 3.05) is 0 Å². The highest BCUT2D eigenvalue weighted by molar-refractivity contribution is 5.89. The molecule has 0 aliphatic carbocycles. The van der Waals surface area contributed by atoms with E-state index in [0.29, 0.717) is 12.1 Å². The Morgan fingerprint density at radius 3 is 2.61 bits per heavy atom. The van der Waals surface area contributed by atoms with Gasteiger partial charge in [0.15, 0.2) is 0 Å². The summed E-state index contributed by atoms with van der Waals surface area (Å²) in [5.74, 6) is -0.609. The summed E-state index contributed by atoms with van der Waals surface area (Å²) < 4.78 is 18.5. The lowest BCUT2D eigenvalue weighted by Crippen LogP contribution is -2.23. The fourth-order valence-corrected chi connectivity index (χ4v) is 2.09. The van der Waals surface area contributed by atoms with Gasteiger partial charge < -0.3 is 9.73 Å². The van der Waals surface area contributed by atoms with Crippen molar-refractivity contribution in [3.05, 3.63) is 83.3 Å². The summed E-state index contributed by atoms with van der Waals surface area (Å²) in [6.45, 7) is 0.376. The molecule has 0 fully saturated rings. The Hall–Kier alpha value is -3.02. The maximum Gasteiger partial charge on any atom is 0.309 e. The molecule has 0 aliphatic heterocycles. The molecule has 6 heteroatoms. The molecule has 1 aromatic heterocycles. The van der Waals surface area contributed by atoms with Crippen LogP contribution in [0, 0.1) is 5.82 Å². The summed E-state index contributed by atoms with van der Waals surface area (Å²) in [5.41, 5.74) is 1.67. The number of halogens is 1. The summed E-state index contributed by atoms with van der Waals surface area (Å²) in [4.78, 5) is 12.0. The Labute approximate surface area is 132 Å². The Balaban J connectivity index is 1.61. The van der Waals surface area contributed by atoms with Crippen LogP contribution in [0.25, 0.3) is 0 Å². The molecule has 0 radical (unpaired) electrons. The van der Waals surface area contributed by atoms with E-state index in [1.165, 1.54) is 12.1 Å². The zero-order valence-corrected chi connectivity index (χ0v) is 12.2. The minimum atomic E-state index is -0.438. The van der Waals surface area contributed by atoms with Gasteiger partial charge in [-0.15, -0.1) is 10.2 Å². The fraction of sp³-hybridized carbons (Fsp3) is 0.118. The first-order valence-corrected chi connectivity index (χ1v) is 7.09. The number of benzene rings is 2. The second-order valence-electron chi connectivity index (χ2n) is 4.98. The smallest absolute Gasteiger partial charge is 0.309 e. The molecule has 0 saturated heterocycles. The molecule has 0 unspecified atom stereocenters. The molecule has 0 bridgehead atoms. The highest BCUT2D eigenvalue weighted by Gasteiger charge is 2.14. The number of nitrogens with zero attached hydrogens (tertiary/aromatic N) is 2. The van der Waals surface area contributed by atoms with E-state index >= 15 is 0 Å². The van der Waals surface area contributed by atoms with Gasteiger partial charge in [0.1, 0.15) is 5.82 Å². The average Bonchev–Trinajstić information content (AvgIpc) is 3.02. The van der Waals surface area contributed by atoms with Crippen LogP contribution in [-0.2, 0) is 13.0 Å². The van der Waals surface area contributed by atoms with Crippen LogP contribution >= 0.6 is 0 Å². The monoisotopic (exact) mass is 311 g/mol. The molecule has 1 heterocycles. The summed E-state index contributed by atoms with van der Waals surface area (Å²) >= 11 is 0. The van der Waals surface area contributed by atoms with Gasteiger partial charge in [0, 0.05) is 6.54 Å². The second-order valence-corrected chi connectivity index (χ2v) is 4.98. The van der Waals surface area contributed by atoms with Gasteiger partial charge in [0.25, 0.3) is 0 Å². The Bertz CT molecular complexity index is 802. The zero-order valence-electron chi connectivity index (χ0n) is 12.2. The molecule has 116 valence electrons. The molecule has 0 spiro atoms. The summed E-state index contributed by atoms with van der Waals surface area (Å²) in [6, 6.07) is 15.6. The standard InChI is InChI=1S/C17H14FN3O2/c18-14-8-4-7-13(9-14)10-15-20-21-17(23-15)16(22)19-11-12-5-2-1-3-6-12/h1-9H,10-11H2,(H,19,22). The van der Waals surface area contributed by atoms with E-state index in [-0.39, 0.29) is 24.0 Å². The molecule has 3 aromatic rings. The van der Waals surface area contributed by atoms with Crippen molar-refractivity contribution in [1.82, 2.24) is 15.5 Å². The quantitative estimate of drug-likeness (QED) is 0.786. The lowest BCUT2D eigenvalue weighted by Gasteiger charge is -2.01. The fourth-order valence-electron chi connectivity index (χ4n) is 2.09. The Kier molecular flexibility index (Phi) is 4.42. The van der Waals surface area contributed by atoms with Gasteiger partial charge in [0.2, 0.25) is 5.89 Å². The molecule has 1 amide bonds. The molecule has 2 aromatic carbocycles. The molecule has 0 aliphatic rings. The maximum absolute atomic E-state index is 13.1.